The predicted molar refractivity (Wildman–Crippen MR) is 74.6 cm³/mol. The lowest BCUT2D eigenvalue weighted by Gasteiger charge is -2.10. The summed E-state index contributed by atoms with van der Waals surface area (Å²) >= 11 is 5.66. The van der Waals surface area contributed by atoms with Crippen LogP contribution >= 0.6 is 36.4 Å². The van der Waals surface area contributed by atoms with Crippen molar-refractivity contribution in [2.75, 3.05) is 13.6 Å². The first-order valence-electron chi connectivity index (χ1n) is 4.70. The molecule has 0 aliphatic rings. The fraction of sp³-hybridized carbons (Fsp3) is 0.400. The van der Waals surface area contributed by atoms with Gasteiger partial charge in [0.25, 0.3) is 5.91 Å². The molecule has 98 valence electrons. The number of nitrogens with one attached hydrogen (secondary N) is 2. The van der Waals surface area contributed by atoms with Crippen molar-refractivity contribution < 1.29 is 4.79 Å². The summed E-state index contributed by atoms with van der Waals surface area (Å²) in [5.74, 6) is -0.186. The van der Waals surface area contributed by atoms with Gasteiger partial charge in [-0.05, 0) is 26.1 Å². The van der Waals surface area contributed by atoms with E-state index in [2.05, 4.69) is 15.6 Å². The Morgan fingerprint density at radius 2 is 2.12 bits per heavy atom. The molecule has 0 spiro atoms. The zero-order valence-electron chi connectivity index (χ0n) is 9.57. The molecule has 4 nitrogen and oxygen atoms in total. The zero-order chi connectivity index (χ0) is 11.3. The van der Waals surface area contributed by atoms with E-state index in [1.807, 2.05) is 14.0 Å². The highest BCUT2D eigenvalue weighted by atomic mass is 35.5. The Hall–Kier alpha value is -0.550. The summed E-state index contributed by atoms with van der Waals surface area (Å²) in [6.07, 6.45) is 1.46. The topological polar surface area (TPSA) is 54.0 Å². The van der Waals surface area contributed by atoms with Gasteiger partial charge in [-0.1, -0.05) is 11.6 Å². The van der Waals surface area contributed by atoms with Crippen LogP contribution in [-0.4, -0.2) is 30.5 Å². The summed E-state index contributed by atoms with van der Waals surface area (Å²) < 4.78 is 0. The van der Waals surface area contributed by atoms with Crippen molar-refractivity contribution >= 4 is 42.3 Å². The highest BCUT2D eigenvalue weighted by Gasteiger charge is 2.07. The third-order valence-electron chi connectivity index (χ3n) is 2.02. The SMILES string of the molecule is CNC(C)CNC(=O)c1ccc(Cl)cn1.Cl.Cl. The molecule has 0 radical (unpaired) electrons. The maximum absolute atomic E-state index is 11.5. The van der Waals surface area contributed by atoms with Gasteiger partial charge in [0.05, 0.1) is 5.02 Å². The molecule has 0 aromatic carbocycles. The molecule has 1 heterocycles. The summed E-state index contributed by atoms with van der Waals surface area (Å²) in [6, 6.07) is 3.48. The van der Waals surface area contributed by atoms with Gasteiger partial charge in [0.15, 0.2) is 0 Å². The molecule has 1 rings (SSSR count). The van der Waals surface area contributed by atoms with E-state index in [0.29, 0.717) is 17.3 Å². The molecule has 0 aliphatic heterocycles. The Kier molecular flexibility index (Phi) is 10.5. The van der Waals surface area contributed by atoms with Crippen LogP contribution in [0.25, 0.3) is 0 Å². The molecule has 1 aromatic heterocycles. The lowest BCUT2D eigenvalue weighted by molar-refractivity contribution is 0.0945. The predicted octanol–water partition coefficient (Wildman–Crippen LogP) is 1.92. The highest BCUT2D eigenvalue weighted by molar-refractivity contribution is 6.30. The summed E-state index contributed by atoms with van der Waals surface area (Å²) in [7, 11) is 1.84. The Bertz CT molecular complexity index is 332. The fourth-order valence-corrected chi connectivity index (χ4v) is 1.06. The van der Waals surface area contributed by atoms with Gasteiger partial charge in [-0.25, -0.2) is 4.98 Å². The fourth-order valence-electron chi connectivity index (χ4n) is 0.949. The molecule has 0 aliphatic carbocycles. The minimum Gasteiger partial charge on any atom is -0.349 e. The monoisotopic (exact) mass is 299 g/mol. The molecule has 0 saturated carbocycles. The van der Waals surface area contributed by atoms with Crippen molar-refractivity contribution in [2.45, 2.75) is 13.0 Å². The van der Waals surface area contributed by atoms with Crippen LogP contribution in [0.4, 0.5) is 0 Å². The number of carbonyl (C=O) groups excluding carboxylic acids is 1. The van der Waals surface area contributed by atoms with Gasteiger partial charge >= 0.3 is 0 Å². The minimum absolute atomic E-state index is 0. The van der Waals surface area contributed by atoms with E-state index in [0.717, 1.165) is 0 Å². The largest absolute Gasteiger partial charge is 0.349 e. The Labute approximate surface area is 118 Å². The van der Waals surface area contributed by atoms with E-state index in [9.17, 15) is 4.79 Å². The number of aromatic nitrogens is 1. The van der Waals surface area contributed by atoms with Crippen LogP contribution in [0, 0.1) is 0 Å². The average molecular weight is 301 g/mol. The van der Waals surface area contributed by atoms with Gasteiger partial charge in [-0.3, -0.25) is 4.79 Å². The lowest BCUT2D eigenvalue weighted by Crippen LogP contribution is -2.37. The molecule has 1 aromatic rings. The first kappa shape index (κ1) is 18.8. The molecule has 1 atom stereocenters. The smallest absolute Gasteiger partial charge is 0.269 e. The van der Waals surface area contributed by atoms with Gasteiger partial charge in [-0.15, -0.1) is 24.8 Å². The van der Waals surface area contributed by atoms with Gasteiger partial charge in [0.2, 0.25) is 0 Å². The van der Waals surface area contributed by atoms with Crippen LogP contribution in [0.2, 0.25) is 5.02 Å². The Morgan fingerprint density at radius 1 is 1.47 bits per heavy atom. The number of amides is 1. The number of hydrogen-bond donors (Lipinski definition) is 2. The standard InChI is InChI=1S/C10H14ClN3O.2ClH/c1-7(12-2)5-14-10(15)9-4-3-8(11)6-13-9;;/h3-4,6-7,12H,5H2,1-2H3,(H,14,15);2*1H. The van der Waals surface area contributed by atoms with E-state index in [1.165, 1.54) is 6.20 Å². The maximum atomic E-state index is 11.5. The maximum Gasteiger partial charge on any atom is 0.269 e. The second-order valence-corrected chi connectivity index (χ2v) is 3.70. The minimum atomic E-state index is -0.186. The molecular formula is C10H16Cl3N3O. The van der Waals surface area contributed by atoms with E-state index in [4.69, 9.17) is 11.6 Å². The molecular weight excluding hydrogens is 284 g/mol. The van der Waals surface area contributed by atoms with Crippen LogP contribution < -0.4 is 10.6 Å². The van der Waals surface area contributed by atoms with Crippen molar-refractivity contribution in [3.63, 3.8) is 0 Å². The Balaban J connectivity index is 0. The van der Waals surface area contributed by atoms with Gasteiger partial charge in [0.1, 0.15) is 5.69 Å². The van der Waals surface area contributed by atoms with Crippen molar-refractivity contribution in [1.29, 1.82) is 0 Å². The first-order chi connectivity index (χ1) is 7.13. The van der Waals surface area contributed by atoms with Crippen LogP contribution in [0.1, 0.15) is 17.4 Å². The second-order valence-electron chi connectivity index (χ2n) is 3.26. The first-order valence-corrected chi connectivity index (χ1v) is 5.08. The number of nitrogens with zero attached hydrogens (tertiary/aromatic N) is 1. The van der Waals surface area contributed by atoms with Crippen molar-refractivity contribution in [1.82, 2.24) is 15.6 Å². The van der Waals surface area contributed by atoms with Crippen LogP contribution in [0.5, 0.6) is 0 Å². The number of halogens is 3. The second kappa shape index (κ2) is 9.48. The summed E-state index contributed by atoms with van der Waals surface area (Å²) in [5.41, 5.74) is 0.378. The van der Waals surface area contributed by atoms with E-state index < -0.39 is 0 Å². The quantitative estimate of drug-likeness (QED) is 0.893. The highest BCUT2D eigenvalue weighted by Crippen LogP contribution is 2.05. The van der Waals surface area contributed by atoms with E-state index >= 15 is 0 Å². The van der Waals surface area contributed by atoms with Gasteiger partial charge < -0.3 is 10.6 Å². The van der Waals surface area contributed by atoms with Crippen molar-refractivity contribution in [3.8, 4) is 0 Å². The van der Waals surface area contributed by atoms with Crippen LogP contribution in [0.15, 0.2) is 18.3 Å². The third kappa shape index (κ3) is 6.68. The zero-order valence-corrected chi connectivity index (χ0v) is 12.0. The molecule has 7 heteroatoms. The number of pyridine rings is 1. The number of hydrogen-bond acceptors (Lipinski definition) is 3. The number of rotatable bonds is 4. The molecule has 1 amide bonds. The molecule has 0 saturated heterocycles. The molecule has 2 N–H and O–H groups in total. The number of carbonyl (C=O) groups is 1. The molecule has 0 fully saturated rings. The average Bonchev–Trinajstić information content (AvgIpc) is 2.26. The van der Waals surface area contributed by atoms with Crippen molar-refractivity contribution in [2.24, 2.45) is 0 Å². The normalized spacial score (nSPS) is 10.8. The summed E-state index contributed by atoms with van der Waals surface area (Å²) in [4.78, 5) is 15.4. The summed E-state index contributed by atoms with van der Waals surface area (Å²) in [5, 5.41) is 6.31. The van der Waals surface area contributed by atoms with Crippen LogP contribution in [0.3, 0.4) is 0 Å². The van der Waals surface area contributed by atoms with E-state index in [-0.39, 0.29) is 36.8 Å². The number of likely N-dealkylation sites (N-methyl/N-ethyl adjacent to an activating group) is 1. The van der Waals surface area contributed by atoms with E-state index in [1.54, 1.807) is 12.1 Å². The van der Waals surface area contributed by atoms with Gasteiger partial charge in [0, 0.05) is 18.8 Å². The molecule has 0 bridgehead atoms. The molecule has 1 unspecified atom stereocenters. The Morgan fingerprint density at radius 3 is 2.59 bits per heavy atom. The summed E-state index contributed by atoms with van der Waals surface area (Å²) in [6.45, 7) is 2.55. The third-order valence-corrected chi connectivity index (χ3v) is 2.25. The molecule has 17 heavy (non-hydrogen) atoms. The van der Waals surface area contributed by atoms with Crippen LogP contribution in [-0.2, 0) is 0 Å². The van der Waals surface area contributed by atoms with Crippen molar-refractivity contribution in [3.05, 3.63) is 29.0 Å². The van der Waals surface area contributed by atoms with Gasteiger partial charge in [-0.2, -0.15) is 0 Å². The lowest BCUT2D eigenvalue weighted by atomic mass is 10.3.